The van der Waals surface area contributed by atoms with E-state index in [4.69, 9.17) is 11.6 Å². The maximum Gasteiger partial charge on any atom is 0.408 e. The van der Waals surface area contributed by atoms with Gasteiger partial charge in [-0.25, -0.2) is 4.68 Å². The Morgan fingerprint density at radius 1 is 1.22 bits per heavy atom. The Hall–Kier alpha value is -3.63. The number of rotatable bonds is 7. The van der Waals surface area contributed by atoms with E-state index in [2.05, 4.69) is 31.4 Å². The molecule has 2 aliphatic rings. The van der Waals surface area contributed by atoms with Crippen LogP contribution in [-0.2, 0) is 17.9 Å². The lowest BCUT2D eigenvalue weighted by Crippen LogP contribution is -2.50. The molecular formula is C27H31ClF3N9O. The SMILES string of the molecule is CN1CCCC1C(=O)N(C)C1CCN(c2nc(NCc3ccc(Cl)cc3C#N)c3cnn(CC(F)(F)F)c3n2)CC1. The standard InChI is InChI=1S/C27H31ClF3N9O/c1-37-9-3-4-22(37)25(41)38(2)20-7-10-39(11-8-20)26-35-23(33-14-17-5-6-19(28)12-18(17)13-32)21-15-34-40(24(21)36-26)16-27(29,30)31/h5-6,12,15,20,22H,3-4,7-11,14,16H2,1-2H3,(H,33,35,36). The summed E-state index contributed by atoms with van der Waals surface area (Å²) in [5.74, 6) is 0.724. The lowest BCUT2D eigenvalue weighted by Gasteiger charge is -2.38. The molecule has 1 amide bonds. The number of nitrogens with one attached hydrogen (secondary N) is 1. The van der Waals surface area contributed by atoms with E-state index in [0.717, 1.165) is 24.1 Å². The quantitative estimate of drug-likeness (QED) is 0.440. The molecule has 14 heteroatoms. The van der Waals surface area contributed by atoms with Crippen LogP contribution in [0.15, 0.2) is 24.4 Å². The van der Waals surface area contributed by atoms with Crippen LogP contribution in [0.2, 0.25) is 5.02 Å². The molecule has 0 radical (unpaired) electrons. The second-order valence-electron chi connectivity index (χ2n) is 10.6. The van der Waals surface area contributed by atoms with E-state index in [1.165, 1.54) is 6.20 Å². The Morgan fingerprint density at radius 3 is 2.63 bits per heavy atom. The summed E-state index contributed by atoms with van der Waals surface area (Å²) in [6, 6.07) is 7.00. The summed E-state index contributed by atoms with van der Waals surface area (Å²) in [6.07, 6.45) is 0.0658. The maximum atomic E-state index is 13.3. The van der Waals surface area contributed by atoms with Crippen LogP contribution < -0.4 is 10.2 Å². The number of hydrogen-bond acceptors (Lipinski definition) is 8. The minimum Gasteiger partial charge on any atom is -0.365 e. The van der Waals surface area contributed by atoms with Crippen LogP contribution in [0.25, 0.3) is 11.0 Å². The first-order valence-electron chi connectivity index (χ1n) is 13.5. The summed E-state index contributed by atoms with van der Waals surface area (Å²) in [5.41, 5.74) is 1.10. The van der Waals surface area contributed by atoms with Crippen molar-refractivity contribution in [1.82, 2.24) is 29.5 Å². The molecule has 2 saturated heterocycles. The van der Waals surface area contributed by atoms with Crippen LogP contribution in [0.3, 0.4) is 0 Å². The number of carbonyl (C=O) groups excluding carboxylic acids is 1. The van der Waals surface area contributed by atoms with Crippen molar-refractivity contribution >= 4 is 40.3 Å². The molecule has 1 unspecified atom stereocenters. The minimum atomic E-state index is -4.48. The average Bonchev–Trinajstić information content (AvgIpc) is 3.56. The zero-order valence-corrected chi connectivity index (χ0v) is 23.6. The van der Waals surface area contributed by atoms with Crippen molar-refractivity contribution in [3.05, 3.63) is 40.5 Å². The highest BCUT2D eigenvalue weighted by atomic mass is 35.5. The van der Waals surface area contributed by atoms with Crippen molar-refractivity contribution in [2.75, 3.05) is 43.9 Å². The molecule has 1 N–H and O–H groups in total. The number of benzene rings is 1. The van der Waals surface area contributed by atoms with Crippen LogP contribution in [0.4, 0.5) is 24.9 Å². The molecule has 0 aliphatic carbocycles. The van der Waals surface area contributed by atoms with Crippen LogP contribution >= 0.6 is 11.6 Å². The van der Waals surface area contributed by atoms with Gasteiger partial charge in [-0.3, -0.25) is 9.69 Å². The number of amides is 1. The van der Waals surface area contributed by atoms with E-state index in [1.54, 1.807) is 18.2 Å². The second-order valence-corrected chi connectivity index (χ2v) is 11.0. The van der Waals surface area contributed by atoms with Crippen molar-refractivity contribution in [3.8, 4) is 6.07 Å². The van der Waals surface area contributed by atoms with E-state index in [0.29, 0.717) is 53.3 Å². The zero-order valence-electron chi connectivity index (χ0n) is 22.8. The highest BCUT2D eigenvalue weighted by Crippen LogP contribution is 2.29. The number of anilines is 2. The molecule has 218 valence electrons. The van der Waals surface area contributed by atoms with Gasteiger partial charge in [0.2, 0.25) is 11.9 Å². The number of nitrogens with zero attached hydrogens (tertiary/aromatic N) is 8. The van der Waals surface area contributed by atoms with Gasteiger partial charge in [0.1, 0.15) is 12.4 Å². The summed E-state index contributed by atoms with van der Waals surface area (Å²) in [6.45, 7) is 0.904. The van der Waals surface area contributed by atoms with Crippen molar-refractivity contribution in [2.45, 2.75) is 57.0 Å². The van der Waals surface area contributed by atoms with Gasteiger partial charge in [-0.05, 0) is 57.0 Å². The topological polar surface area (TPSA) is 106 Å². The Morgan fingerprint density at radius 2 is 1.98 bits per heavy atom. The van der Waals surface area contributed by atoms with Crippen LogP contribution in [0, 0.1) is 11.3 Å². The summed E-state index contributed by atoms with van der Waals surface area (Å²) in [5, 5.41) is 17.4. The Labute approximate surface area is 240 Å². The number of alkyl halides is 3. The molecule has 41 heavy (non-hydrogen) atoms. The molecule has 0 spiro atoms. The van der Waals surface area contributed by atoms with E-state index in [-0.39, 0.29) is 36.1 Å². The first kappa shape index (κ1) is 28.9. The number of likely N-dealkylation sites (N-methyl/N-ethyl adjacent to an activating group) is 2. The lowest BCUT2D eigenvalue weighted by molar-refractivity contribution is -0.142. The summed E-state index contributed by atoms with van der Waals surface area (Å²) >= 11 is 6.02. The Balaban J connectivity index is 1.38. The van der Waals surface area contributed by atoms with Gasteiger partial charge in [-0.1, -0.05) is 17.7 Å². The molecule has 1 atom stereocenters. The smallest absolute Gasteiger partial charge is 0.365 e. The van der Waals surface area contributed by atoms with Crippen molar-refractivity contribution in [1.29, 1.82) is 5.26 Å². The molecule has 3 aromatic rings. The van der Waals surface area contributed by atoms with E-state index < -0.39 is 12.7 Å². The summed E-state index contributed by atoms with van der Waals surface area (Å²) < 4.78 is 40.7. The molecule has 2 aliphatic heterocycles. The first-order valence-corrected chi connectivity index (χ1v) is 13.9. The average molecular weight is 590 g/mol. The zero-order chi connectivity index (χ0) is 29.3. The Kier molecular flexibility index (Phi) is 8.24. The van der Waals surface area contributed by atoms with E-state index in [1.807, 2.05) is 23.9 Å². The molecule has 10 nitrogen and oxygen atoms in total. The lowest BCUT2D eigenvalue weighted by atomic mass is 10.0. The molecule has 1 aromatic carbocycles. The van der Waals surface area contributed by atoms with Gasteiger partial charge in [-0.15, -0.1) is 0 Å². The van der Waals surface area contributed by atoms with Crippen molar-refractivity contribution in [3.63, 3.8) is 0 Å². The van der Waals surface area contributed by atoms with Gasteiger partial charge in [0.25, 0.3) is 0 Å². The molecule has 0 saturated carbocycles. The molecular weight excluding hydrogens is 559 g/mol. The van der Waals surface area contributed by atoms with E-state index in [9.17, 15) is 23.2 Å². The fourth-order valence-corrected chi connectivity index (χ4v) is 5.75. The predicted octanol–water partition coefficient (Wildman–Crippen LogP) is 4.05. The fraction of sp³-hybridized carbons (Fsp3) is 0.519. The van der Waals surface area contributed by atoms with Crippen molar-refractivity contribution in [2.24, 2.45) is 0 Å². The molecule has 4 heterocycles. The van der Waals surface area contributed by atoms with Crippen molar-refractivity contribution < 1.29 is 18.0 Å². The normalized spacial score (nSPS) is 18.6. The third-order valence-electron chi connectivity index (χ3n) is 7.90. The van der Waals surface area contributed by atoms with Gasteiger partial charge in [0.15, 0.2) is 5.65 Å². The molecule has 2 aromatic heterocycles. The van der Waals surface area contributed by atoms with Gasteiger partial charge in [0.05, 0.1) is 29.3 Å². The number of piperidine rings is 1. The number of aromatic nitrogens is 4. The highest BCUT2D eigenvalue weighted by Gasteiger charge is 2.35. The van der Waals surface area contributed by atoms with E-state index >= 15 is 0 Å². The largest absolute Gasteiger partial charge is 0.408 e. The monoisotopic (exact) mass is 589 g/mol. The minimum absolute atomic E-state index is 0.0548. The third kappa shape index (κ3) is 6.33. The number of halogens is 4. The third-order valence-corrected chi connectivity index (χ3v) is 8.14. The molecule has 0 bridgehead atoms. The van der Waals surface area contributed by atoms with Crippen LogP contribution in [0.5, 0.6) is 0 Å². The Bertz CT molecular complexity index is 1460. The van der Waals surface area contributed by atoms with Gasteiger partial charge < -0.3 is 15.1 Å². The summed E-state index contributed by atoms with van der Waals surface area (Å²) in [4.78, 5) is 28.1. The fourth-order valence-electron chi connectivity index (χ4n) is 5.58. The van der Waals surface area contributed by atoms with Crippen LogP contribution in [-0.4, -0.2) is 87.4 Å². The maximum absolute atomic E-state index is 13.3. The van der Waals surface area contributed by atoms with Gasteiger partial charge >= 0.3 is 6.18 Å². The van der Waals surface area contributed by atoms with Gasteiger partial charge in [-0.2, -0.15) is 33.5 Å². The van der Waals surface area contributed by atoms with Gasteiger partial charge in [0, 0.05) is 37.7 Å². The molecule has 5 rings (SSSR count). The number of carbonyl (C=O) groups is 1. The number of likely N-dealkylation sites (tertiary alicyclic amines) is 1. The second kappa shape index (κ2) is 11.7. The van der Waals surface area contributed by atoms with Crippen LogP contribution in [0.1, 0.15) is 36.8 Å². The molecule has 2 fully saturated rings. The predicted molar refractivity (Wildman–Crippen MR) is 149 cm³/mol. The highest BCUT2D eigenvalue weighted by molar-refractivity contribution is 6.30. The first-order chi connectivity index (χ1) is 19.5. The number of nitriles is 1. The summed E-state index contributed by atoms with van der Waals surface area (Å²) in [7, 11) is 3.82. The number of hydrogen-bond donors (Lipinski definition) is 1. The number of fused-ring (bicyclic) bond motifs is 1.